The van der Waals surface area contributed by atoms with Crippen LogP contribution in [-0.4, -0.2) is 44.2 Å². The maximum atomic E-state index is 12.0. The average Bonchev–Trinajstić information content (AvgIpc) is 2.47. The number of fused-ring (bicyclic) bond motifs is 1. The molecule has 2 aliphatic heterocycles. The van der Waals surface area contributed by atoms with E-state index >= 15 is 0 Å². The topological polar surface area (TPSA) is 88.7 Å². The van der Waals surface area contributed by atoms with E-state index in [1.807, 2.05) is 0 Å². The van der Waals surface area contributed by atoms with Crippen LogP contribution in [0.25, 0.3) is 0 Å². The van der Waals surface area contributed by atoms with Crippen molar-refractivity contribution in [3.63, 3.8) is 0 Å². The number of carbonyl (C=O) groups excluding carboxylic acids is 2. The van der Waals surface area contributed by atoms with Crippen molar-refractivity contribution in [3.05, 3.63) is 18.2 Å². The highest BCUT2D eigenvalue weighted by Gasteiger charge is 2.22. The van der Waals surface area contributed by atoms with E-state index in [1.165, 1.54) is 0 Å². The van der Waals surface area contributed by atoms with E-state index in [-0.39, 0.29) is 18.4 Å². The van der Waals surface area contributed by atoms with Crippen LogP contribution in [0.3, 0.4) is 0 Å². The van der Waals surface area contributed by atoms with Gasteiger partial charge in [0.1, 0.15) is 11.9 Å². The molecule has 0 saturated carbocycles. The molecule has 0 bridgehead atoms. The molecule has 0 aromatic heterocycles. The summed E-state index contributed by atoms with van der Waals surface area (Å²) < 4.78 is 10.6. The zero-order valence-electron chi connectivity index (χ0n) is 10.8. The van der Waals surface area contributed by atoms with E-state index in [0.29, 0.717) is 30.3 Å². The Labute approximate surface area is 115 Å². The lowest BCUT2D eigenvalue weighted by atomic mass is 10.2. The van der Waals surface area contributed by atoms with Crippen LogP contribution in [-0.2, 0) is 14.3 Å². The zero-order chi connectivity index (χ0) is 13.9. The SMILES string of the molecule is O=C1COc2ccc(NC(=O)C3CNCCO3)cc2N1. The zero-order valence-corrected chi connectivity index (χ0v) is 10.8. The Morgan fingerprint density at radius 1 is 1.40 bits per heavy atom. The van der Waals surface area contributed by atoms with Gasteiger partial charge in [-0.1, -0.05) is 0 Å². The van der Waals surface area contributed by atoms with Gasteiger partial charge in [-0.25, -0.2) is 0 Å². The Kier molecular flexibility index (Phi) is 3.53. The molecule has 1 atom stereocenters. The molecule has 1 unspecified atom stereocenters. The summed E-state index contributed by atoms with van der Waals surface area (Å²) in [6.07, 6.45) is -0.495. The number of amides is 2. The molecular weight excluding hydrogens is 262 g/mol. The van der Waals surface area contributed by atoms with E-state index < -0.39 is 6.10 Å². The molecular formula is C13H15N3O4. The first-order chi connectivity index (χ1) is 9.72. The maximum Gasteiger partial charge on any atom is 0.262 e. The number of morpholine rings is 1. The van der Waals surface area contributed by atoms with Gasteiger partial charge in [0.2, 0.25) is 0 Å². The van der Waals surface area contributed by atoms with Gasteiger partial charge in [0.15, 0.2) is 6.61 Å². The molecule has 2 aliphatic rings. The van der Waals surface area contributed by atoms with Gasteiger partial charge in [-0.15, -0.1) is 0 Å². The van der Waals surface area contributed by atoms with E-state index in [1.54, 1.807) is 18.2 Å². The summed E-state index contributed by atoms with van der Waals surface area (Å²) in [4.78, 5) is 23.3. The van der Waals surface area contributed by atoms with Crippen molar-refractivity contribution < 1.29 is 19.1 Å². The van der Waals surface area contributed by atoms with Gasteiger partial charge >= 0.3 is 0 Å². The van der Waals surface area contributed by atoms with Crippen molar-refractivity contribution in [2.75, 3.05) is 36.9 Å². The van der Waals surface area contributed by atoms with Crippen molar-refractivity contribution in [1.29, 1.82) is 0 Å². The highest BCUT2D eigenvalue weighted by molar-refractivity contribution is 5.98. The van der Waals surface area contributed by atoms with Crippen molar-refractivity contribution in [3.8, 4) is 5.75 Å². The van der Waals surface area contributed by atoms with Gasteiger partial charge in [0.25, 0.3) is 11.8 Å². The average molecular weight is 277 g/mol. The van der Waals surface area contributed by atoms with Gasteiger partial charge < -0.3 is 25.4 Å². The summed E-state index contributed by atoms with van der Waals surface area (Å²) in [5, 5.41) is 8.55. The van der Waals surface area contributed by atoms with Crippen LogP contribution in [0.2, 0.25) is 0 Å². The number of nitrogens with one attached hydrogen (secondary N) is 3. The van der Waals surface area contributed by atoms with Gasteiger partial charge in [0.05, 0.1) is 12.3 Å². The molecule has 7 nitrogen and oxygen atoms in total. The summed E-state index contributed by atoms with van der Waals surface area (Å²) in [5.41, 5.74) is 1.15. The van der Waals surface area contributed by atoms with E-state index in [9.17, 15) is 9.59 Å². The fourth-order valence-corrected chi connectivity index (χ4v) is 2.12. The molecule has 0 aliphatic carbocycles. The van der Waals surface area contributed by atoms with Gasteiger partial charge in [-0.3, -0.25) is 9.59 Å². The summed E-state index contributed by atoms with van der Waals surface area (Å²) in [5.74, 6) is 0.180. The first-order valence-corrected chi connectivity index (χ1v) is 6.42. The summed E-state index contributed by atoms with van der Waals surface area (Å²) >= 11 is 0. The quantitative estimate of drug-likeness (QED) is 0.705. The predicted molar refractivity (Wildman–Crippen MR) is 71.8 cm³/mol. The molecule has 1 saturated heterocycles. The molecule has 106 valence electrons. The smallest absolute Gasteiger partial charge is 0.262 e. The van der Waals surface area contributed by atoms with Crippen LogP contribution >= 0.6 is 0 Å². The second-order valence-electron chi connectivity index (χ2n) is 4.60. The predicted octanol–water partition coefficient (Wildman–Crippen LogP) is -0.0556. The standard InChI is InChI=1S/C13H15N3O4/c17-12-7-20-10-2-1-8(5-9(10)16-12)15-13(18)11-6-14-3-4-19-11/h1-2,5,11,14H,3-4,6-7H2,(H,15,18)(H,16,17). The number of hydrogen-bond acceptors (Lipinski definition) is 5. The van der Waals surface area contributed by atoms with Crippen LogP contribution < -0.4 is 20.7 Å². The molecule has 3 rings (SSSR count). The van der Waals surface area contributed by atoms with E-state index in [4.69, 9.17) is 9.47 Å². The van der Waals surface area contributed by atoms with Crippen molar-refractivity contribution in [2.24, 2.45) is 0 Å². The Morgan fingerprint density at radius 3 is 3.10 bits per heavy atom. The summed E-state index contributed by atoms with van der Waals surface area (Å²) in [6, 6.07) is 5.11. The number of carbonyl (C=O) groups is 2. The lowest BCUT2D eigenvalue weighted by Crippen LogP contribution is -2.45. The minimum Gasteiger partial charge on any atom is -0.482 e. The molecule has 0 radical (unpaired) electrons. The minimum atomic E-state index is -0.495. The molecule has 1 aromatic carbocycles. The lowest BCUT2D eigenvalue weighted by molar-refractivity contribution is -0.128. The fourth-order valence-electron chi connectivity index (χ4n) is 2.12. The number of benzene rings is 1. The van der Waals surface area contributed by atoms with Crippen molar-refractivity contribution in [2.45, 2.75) is 6.10 Å². The third-order valence-electron chi connectivity index (χ3n) is 3.10. The van der Waals surface area contributed by atoms with Crippen LogP contribution in [0, 0.1) is 0 Å². The number of anilines is 2. The number of rotatable bonds is 2. The molecule has 2 amide bonds. The highest BCUT2D eigenvalue weighted by atomic mass is 16.5. The van der Waals surface area contributed by atoms with Crippen LogP contribution in [0.4, 0.5) is 11.4 Å². The Hall–Kier alpha value is -2.12. The lowest BCUT2D eigenvalue weighted by Gasteiger charge is -2.23. The fraction of sp³-hybridized carbons (Fsp3) is 0.385. The third kappa shape index (κ3) is 2.73. The Morgan fingerprint density at radius 2 is 2.30 bits per heavy atom. The highest BCUT2D eigenvalue weighted by Crippen LogP contribution is 2.30. The second kappa shape index (κ2) is 5.48. The molecule has 2 heterocycles. The van der Waals surface area contributed by atoms with Gasteiger partial charge in [-0.05, 0) is 18.2 Å². The largest absolute Gasteiger partial charge is 0.482 e. The van der Waals surface area contributed by atoms with Gasteiger partial charge in [0, 0.05) is 18.8 Å². The van der Waals surface area contributed by atoms with Gasteiger partial charge in [-0.2, -0.15) is 0 Å². The molecule has 3 N–H and O–H groups in total. The van der Waals surface area contributed by atoms with Crippen molar-refractivity contribution >= 4 is 23.2 Å². The first kappa shape index (κ1) is 12.9. The number of hydrogen-bond donors (Lipinski definition) is 3. The van der Waals surface area contributed by atoms with Crippen molar-refractivity contribution in [1.82, 2.24) is 5.32 Å². The molecule has 7 heteroatoms. The monoisotopic (exact) mass is 277 g/mol. The first-order valence-electron chi connectivity index (χ1n) is 6.42. The molecule has 20 heavy (non-hydrogen) atoms. The number of ether oxygens (including phenoxy) is 2. The van der Waals surface area contributed by atoms with E-state index in [0.717, 1.165) is 6.54 Å². The van der Waals surface area contributed by atoms with Crippen LogP contribution in [0.1, 0.15) is 0 Å². The van der Waals surface area contributed by atoms with Crippen LogP contribution in [0.15, 0.2) is 18.2 Å². The summed E-state index contributed by atoms with van der Waals surface area (Å²) in [7, 11) is 0. The molecule has 1 aromatic rings. The molecule has 0 spiro atoms. The Balaban J connectivity index is 1.69. The maximum absolute atomic E-state index is 12.0. The van der Waals surface area contributed by atoms with E-state index in [2.05, 4.69) is 16.0 Å². The second-order valence-corrected chi connectivity index (χ2v) is 4.60. The normalized spacial score (nSPS) is 21.4. The third-order valence-corrected chi connectivity index (χ3v) is 3.10. The molecule has 1 fully saturated rings. The van der Waals surface area contributed by atoms with Crippen LogP contribution in [0.5, 0.6) is 5.75 Å². The Bertz CT molecular complexity index is 540. The minimum absolute atomic E-state index is 0.0142. The summed E-state index contributed by atoms with van der Waals surface area (Å²) in [6.45, 7) is 1.79.